The Morgan fingerprint density at radius 1 is 0.970 bits per heavy atom. The van der Waals surface area contributed by atoms with Crippen LogP contribution in [-0.4, -0.2) is 21.3 Å². The number of thioether (sulfide) groups is 1. The van der Waals surface area contributed by atoms with Gasteiger partial charge in [-0.2, -0.15) is 0 Å². The summed E-state index contributed by atoms with van der Waals surface area (Å²) in [6, 6.07) is 16.6. The highest BCUT2D eigenvalue weighted by Gasteiger charge is 2.39. The van der Waals surface area contributed by atoms with Gasteiger partial charge >= 0.3 is 0 Å². The summed E-state index contributed by atoms with van der Waals surface area (Å²) >= 11 is 16.5. The lowest BCUT2D eigenvalue weighted by Gasteiger charge is -2.16. The van der Waals surface area contributed by atoms with Gasteiger partial charge in [-0.25, -0.2) is 4.39 Å². The second-order valence-electron chi connectivity index (χ2n) is 7.42. The van der Waals surface area contributed by atoms with Crippen LogP contribution in [0.25, 0.3) is 0 Å². The van der Waals surface area contributed by atoms with Crippen LogP contribution in [0.3, 0.4) is 0 Å². The fourth-order valence-corrected chi connectivity index (χ4v) is 5.13. The molecule has 0 N–H and O–H groups in total. The van der Waals surface area contributed by atoms with E-state index in [2.05, 4.69) is 15.9 Å². The molecule has 4 nitrogen and oxygen atoms in total. The zero-order chi connectivity index (χ0) is 23.5. The first kappa shape index (κ1) is 24.1. The fourth-order valence-electron chi connectivity index (χ4n) is 3.38. The van der Waals surface area contributed by atoms with Gasteiger partial charge in [0, 0.05) is 4.47 Å². The topological polar surface area (TPSA) is 46.6 Å². The summed E-state index contributed by atoms with van der Waals surface area (Å²) in [7, 11) is 0. The van der Waals surface area contributed by atoms with Gasteiger partial charge in [0.05, 0.1) is 21.8 Å². The first-order valence-corrected chi connectivity index (χ1v) is 12.3. The van der Waals surface area contributed by atoms with Gasteiger partial charge in [-0.3, -0.25) is 14.5 Å². The number of hydrogen-bond acceptors (Lipinski definition) is 4. The number of benzene rings is 3. The van der Waals surface area contributed by atoms with Crippen LogP contribution in [0.2, 0.25) is 10.0 Å². The predicted octanol–water partition coefficient (Wildman–Crippen LogP) is 7.28. The van der Waals surface area contributed by atoms with Crippen molar-refractivity contribution in [2.45, 2.75) is 24.8 Å². The van der Waals surface area contributed by atoms with Crippen LogP contribution < -0.4 is 4.74 Å². The second kappa shape index (κ2) is 10.5. The van der Waals surface area contributed by atoms with Gasteiger partial charge in [-0.05, 0) is 65.6 Å². The van der Waals surface area contributed by atoms with Crippen LogP contribution >= 0.6 is 50.9 Å². The standard InChI is InChI=1S/C24H17BrCl2FNO3S/c25-17-4-8-21(32-13-15-3-7-19(26)20(27)9-15)16(10-17)11-22-23(30)29(24(31)33-22)12-14-1-5-18(28)6-2-14/h1-10,22H,11-13H2/t22-/m1/s1. The smallest absolute Gasteiger partial charge is 0.289 e. The van der Waals surface area contributed by atoms with Gasteiger partial charge < -0.3 is 4.74 Å². The number of ether oxygens (including phenoxy) is 1. The van der Waals surface area contributed by atoms with Crippen LogP contribution in [0.15, 0.2) is 65.1 Å². The second-order valence-corrected chi connectivity index (χ2v) is 10.3. The van der Waals surface area contributed by atoms with E-state index in [1.807, 2.05) is 24.3 Å². The third-order valence-corrected chi connectivity index (χ3v) is 7.37. The molecule has 1 atom stereocenters. The van der Waals surface area contributed by atoms with Crippen LogP contribution in [0.1, 0.15) is 16.7 Å². The van der Waals surface area contributed by atoms with Crippen molar-refractivity contribution in [3.63, 3.8) is 0 Å². The fraction of sp³-hybridized carbons (Fsp3) is 0.167. The number of carbonyl (C=O) groups excluding carboxylic acids is 2. The predicted molar refractivity (Wildman–Crippen MR) is 132 cm³/mol. The normalized spacial score (nSPS) is 15.9. The first-order valence-electron chi connectivity index (χ1n) is 9.92. The Bertz CT molecular complexity index is 1210. The largest absolute Gasteiger partial charge is 0.489 e. The Morgan fingerprint density at radius 2 is 1.70 bits per heavy atom. The van der Waals surface area contributed by atoms with Gasteiger partial charge in [0.25, 0.3) is 5.24 Å². The summed E-state index contributed by atoms with van der Waals surface area (Å²) < 4.78 is 20.0. The van der Waals surface area contributed by atoms with E-state index in [1.165, 1.54) is 17.0 Å². The molecule has 0 spiro atoms. The lowest BCUT2D eigenvalue weighted by molar-refractivity contribution is -0.127. The van der Waals surface area contributed by atoms with Crippen molar-refractivity contribution in [2.75, 3.05) is 0 Å². The van der Waals surface area contributed by atoms with E-state index >= 15 is 0 Å². The van der Waals surface area contributed by atoms with Crippen molar-refractivity contribution in [1.82, 2.24) is 4.90 Å². The minimum Gasteiger partial charge on any atom is -0.489 e. The van der Waals surface area contributed by atoms with E-state index in [9.17, 15) is 14.0 Å². The van der Waals surface area contributed by atoms with Gasteiger partial charge in [0.15, 0.2) is 0 Å². The molecule has 0 radical (unpaired) electrons. The molecule has 2 amide bonds. The highest BCUT2D eigenvalue weighted by Crippen LogP contribution is 2.34. The van der Waals surface area contributed by atoms with Crippen LogP contribution in [0.4, 0.5) is 9.18 Å². The Labute approximate surface area is 213 Å². The summed E-state index contributed by atoms with van der Waals surface area (Å²) in [4.78, 5) is 26.7. The van der Waals surface area contributed by atoms with Gasteiger partial charge in [-0.15, -0.1) is 0 Å². The van der Waals surface area contributed by atoms with Crippen molar-refractivity contribution >= 4 is 62.0 Å². The van der Waals surface area contributed by atoms with E-state index in [4.69, 9.17) is 27.9 Å². The SMILES string of the molecule is O=C1S[C@H](Cc2cc(Br)ccc2OCc2ccc(Cl)c(Cl)c2)C(=O)N1Cc1ccc(F)cc1. The molecular weight excluding hydrogens is 552 g/mol. The molecule has 1 fully saturated rings. The zero-order valence-electron chi connectivity index (χ0n) is 17.1. The molecule has 0 unspecified atom stereocenters. The summed E-state index contributed by atoms with van der Waals surface area (Å²) in [6.45, 7) is 0.382. The number of amides is 2. The summed E-state index contributed by atoms with van der Waals surface area (Å²) in [6.07, 6.45) is 0.325. The Morgan fingerprint density at radius 3 is 2.42 bits per heavy atom. The van der Waals surface area contributed by atoms with Crippen molar-refractivity contribution in [1.29, 1.82) is 0 Å². The number of halogens is 4. The molecular formula is C24H17BrCl2FNO3S. The highest BCUT2D eigenvalue weighted by atomic mass is 79.9. The monoisotopic (exact) mass is 567 g/mol. The molecule has 1 heterocycles. The molecule has 1 aliphatic heterocycles. The average Bonchev–Trinajstić information content (AvgIpc) is 3.04. The molecule has 0 aliphatic carbocycles. The van der Waals surface area contributed by atoms with E-state index in [0.717, 1.165) is 27.4 Å². The Kier molecular flexibility index (Phi) is 7.64. The number of rotatable bonds is 7. The van der Waals surface area contributed by atoms with Crippen LogP contribution in [0, 0.1) is 5.82 Å². The van der Waals surface area contributed by atoms with Crippen molar-refractivity contribution in [2.24, 2.45) is 0 Å². The van der Waals surface area contributed by atoms with E-state index < -0.39 is 5.25 Å². The number of nitrogens with zero attached hydrogens (tertiary/aromatic N) is 1. The minimum absolute atomic E-state index is 0.112. The quantitative estimate of drug-likeness (QED) is 0.300. The summed E-state index contributed by atoms with van der Waals surface area (Å²) in [5.41, 5.74) is 2.34. The number of carbonyl (C=O) groups is 2. The molecule has 3 aromatic rings. The lowest BCUT2D eigenvalue weighted by Crippen LogP contribution is -2.31. The third kappa shape index (κ3) is 5.90. The minimum atomic E-state index is -0.570. The molecule has 3 aromatic carbocycles. The molecule has 9 heteroatoms. The van der Waals surface area contributed by atoms with E-state index in [0.29, 0.717) is 27.8 Å². The van der Waals surface area contributed by atoms with Crippen LogP contribution in [0.5, 0.6) is 5.75 Å². The van der Waals surface area contributed by atoms with Gasteiger partial charge in [0.2, 0.25) is 5.91 Å². The molecule has 0 bridgehead atoms. The molecule has 0 saturated carbocycles. The lowest BCUT2D eigenvalue weighted by atomic mass is 10.1. The van der Waals surface area contributed by atoms with E-state index in [-0.39, 0.29) is 30.1 Å². The average molecular weight is 569 g/mol. The molecule has 1 aliphatic rings. The maximum Gasteiger partial charge on any atom is 0.289 e. The summed E-state index contributed by atoms with van der Waals surface area (Å²) in [5.74, 6) is -0.0278. The number of imide groups is 1. The summed E-state index contributed by atoms with van der Waals surface area (Å²) in [5, 5.41) is 0.0278. The Hall–Kier alpha value is -2.06. The van der Waals surface area contributed by atoms with Gasteiger partial charge in [-0.1, -0.05) is 69.1 Å². The van der Waals surface area contributed by atoms with Gasteiger partial charge in [0.1, 0.15) is 18.2 Å². The molecule has 4 rings (SSSR count). The molecule has 33 heavy (non-hydrogen) atoms. The molecule has 1 saturated heterocycles. The molecule has 170 valence electrons. The van der Waals surface area contributed by atoms with Crippen molar-refractivity contribution in [3.8, 4) is 5.75 Å². The zero-order valence-corrected chi connectivity index (χ0v) is 21.0. The van der Waals surface area contributed by atoms with Crippen LogP contribution in [-0.2, 0) is 24.4 Å². The van der Waals surface area contributed by atoms with E-state index in [1.54, 1.807) is 24.3 Å². The van der Waals surface area contributed by atoms with Crippen molar-refractivity contribution in [3.05, 3.63) is 97.7 Å². The van der Waals surface area contributed by atoms with Crippen molar-refractivity contribution < 1.29 is 18.7 Å². The third-order valence-electron chi connectivity index (χ3n) is 5.07. The number of hydrogen-bond donors (Lipinski definition) is 0. The Balaban J connectivity index is 1.47. The maximum atomic E-state index is 13.2. The first-order chi connectivity index (χ1) is 15.8. The maximum absolute atomic E-state index is 13.2. The highest BCUT2D eigenvalue weighted by molar-refractivity contribution is 9.10. The molecule has 0 aromatic heterocycles.